The van der Waals surface area contributed by atoms with E-state index in [0.29, 0.717) is 42.1 Å². The summed E-state index contributed by atoms with van der Waals surface area (Å²) in [6.07, 6.45) is -2.47. The smallest absolute Gasteiger partial charge is 0.489 e. The third-order valence-electron chi connectivity index (χ3n) is 9.69. The number of amides is 1. The highest BCUT2D eigenvalue weighted by atomic mass is 19.1. The lowest BCUT2D eigenvalue weighted by molar-refractivity contribution is -0.126. The van der Waals surface area contributed by atoms with Crippen LogP contribution in [0, 0.1) is 12.7 Å². The molecule has 2 aliphatic heterocycles. The van der Waals surface area contributed by atoms with E-state index in [1.165, 1.54) is 35.0 Å². The predicted octanol–water partition coefficient (Wildman–Crippen LogP) is 7.34. The largest absolute Gasteiger partial charge is 0.509 e. The first-order chi connectivity index (χ1) is 27.7. The molecule has 6 rings (SSSR count). The molecule has 1 saturated heterocycles. The van der Waals surface area contributed by atoms with E-state index in [1.54, 1.807) is 65.5 Å². The summed E-state index contributed by atoms with van der Waals surface area (Å²) in [6, 6.07) is 7.31. The molecule has 4 aromatic rings. The van der Waals surface area contributed by atoms with E-state index in [2.05, 4.69) is 11.6 Å². The van der Waals surface area contributed by atoms with Crippen molar-refractivity contribution < 1.29 is 42.5 Å². The van der Waals surface area contributed by atoms with Gasteiger partial charge in [0, 0.05) is 37.4 Å². The molecule has 2 aliphatic rings. The minimum Gasteiger partial charge on any atom is -0.489 e. The molecule has 3 atom stereocenters. The zero-order valence-corrected chi connectivity index (χ0v) is 35.1. The van der Waals surface area contributed by atoms with Crippen molar-refractivity contribution in [3.8, 4) is 22.7 Å². The second-order valence-electron chi connectivity index (χ2n) is 16.9. The Labute approximate surface area is 342 Å². The molecule has 2 bridgehead atoms. The first-order valence-corrected chi connectivity index (χ1v) is 19.5. The average molecular weight is 815 g/mol. The number of aromatic nitrogens is 4. The third kappa shape index (κ3) is 9.00. The van der Waals surface area contributed by atoms with Crippen LogP contribution in [0.4, 0.5) is 19.8 Å². The van der Waals surface area contributed by atoms with Gasteiger partial charge in [0.1, 0.15) is 35.2 Å². The fourth-order valence-corrected chi connectivity index (χ4v) is 7.21. The van der Waals surface area contributed by atoms with Crippen LogP contribution in [0.3, 0.4) is 0 Å². The quantitative estimate of drug-likeness (QED) is 0.145. The van der Waals surface area contributed by atoms with E-state index in [-0.39, 0.29) is 51.8 Å². The van der Waals surface area contributed by atoms with Gasteiger partial charge in [-0.3, -0.25) is 9.78 Å². The van der Waals surface area contributed by atoms with Crippen molar-refractivity contribution in [2.45, 2.75) is 105 Å². The van der Waals surface area contributed by atoms with Crippen LogP contribution in [0.1, 0.15) is 91.2 Å². The fraction of sp³-hybridized carbons (Fsp3) is 0.465. The molecule has 16 heteroatoms. The third-order valence-corrected chi connectivity index (χ3v) is 9.69. The van der Waals surface area contributed by atoms with E-state index in [4.69, 9.17) is 33.7 Å². The Kier molecular flexibility index (Phi) is 11.8. The summed E-state index contributed by atoms with van der Waals surface area (Å²) in [5, 5.41) is 0.438. The molecule has 59 heavy (non-hydrogen) atoms. The van der Waals surface area contributed by atoms with E-state index < -0.39 is 53.8 Å². The minimum absolute atomic E-state index is 0.0223. The van der Waals surface area contributed by atoms with Crippen molar-refractivity contribution in [3.05, 3.63) is 82.3 Å². The van der Waals surface area contributed by atoms with Crippen molar-refractivity contribution >= 4 is 35.1 Å². The molecule has 1 fully saturated rings. The lowest BCUT2D eigenvalue weighted by Gasteiger charge is -2.40. The molecule has 15 nitrogen and oxygen atoms in total. The number of carbonyl (C=O) groups is 3. The highest BCUT2D eigenvalue weighted by Crippen LogP contribution is 2.41. The number of hydrogen-bond acceptors (Lipinski definition) is 13. The number of pyridine rings is 2. The SMILES string of the molecule is C=CC(=O)N1CCN(c2nc(=O)n3c4nc(c(C)cc24)-c2c(F)cccc2OCC(OC(=O)OC(C)(C)C)C(OC(=O)OC(C)(C)C)c2ccnc(C(C)C)c2-3)[C@@H](C)C1. The summed E-state index contributed by atoms with van der Waals surface area (Å²) < 4.78 is 47.0. The number of anilines is 1. The maximum Gasteiger partial charge on any atom is 0.509 e. The van der Waals surface area contributed by atoms with Gasteiger partial charge in [-0.2, -0.15) is 4.98 Å². The van der Waals surface area contributed by atoms with Crippen LogP contribution < -0.4 is 15.3 Å². The highest BCUT2D eigenvalue weighted by molar-refractivity contribution is 5.92. The second kappa shape index (κ2) is 16.3. The molecule has 314 valence electrons. The summed E-state index contributed by atoms with van der Waals surface area (Å²) in [7, 11) is 0. The minimum atomic E-state index is -1.54. The number of halogens is 1. The molecule has 3 aromatic heterocycles. The molecular weight excluding hydrogens is 764 g/mol. The van der Waals surface area contributed by atoms with Crippen LogP contribution in [0.15, 0.2) is 54.0 Å². The van der Waals surface area contributed by atoms with Crippen molar-refractivity contribution in [1.29, 1.82) is 0 Å². The van der Waals surface area contributed by atoms with Crippen LogP contribution >= 0.6 is 0 Å². The maximum atomic E-state index is 16.2. The molecule has 0 spiro atoms. The number of fused-ring (bicyclic) bond motifs is 5. The number of ether oxygens (including phenoxy) is 5. The Balaban J connectivity index is 1.71. The van der Waals surface area contributed by atoms with Gasteiger partial charge in [0.25, 0.3) is 0 Å². The van der Waals surface area contributed by atoms with Crippen molar-refractivity contribution in [1.82, 2.24) is 24.4 Å². The van der Waals surface area contributed by atoms with Gasteiger partial charge in [-0.05, 0) is 97.2 Å². The summed E-state index contributed by atoms with van der Waals surface area (Å²) in [5.41, 5.74) is -1.26. The Morgan fingerprint density at radius 3 is 2.31 bits per heavy atom. The molecule has 0 radical (unpaired) electrons. The Bertz CT molecular complexity index is 2370. The number of hydrogen-bond donors (Lipinski definition) is 0. The monoisotopic (exact) mass is 814 g/mol. The maximum absolute atomic E-state index is 16.2. The Hall–Kier alpha value is -6.06. The van der Waals surface area contributed by atoms with Crippen molar-refractivity contribution in [3.63, 3.8) is 0 Å². The fourth-order valence-electron chi connectivity index (χ4n) is 7.21. The molecule has 0 N–H and O–H groups in total. The van der Waals surface area contributed by atoms with E-state index in [1.807, 2.05) is 25.7 Å². The Morgan fingerprint density at radius 1 is 1.00 bits per heavy atom. The number of aryl methyl sites for hydroxylation is 1. The molecule has 2 unspecified atom stereocenters. The van der Waals surface area contributed by atoms with Gasteiger partial charge in [-0.15, -0.1) is 0 Å². The van der Waals surface area contributed by atoms with Crippen LogP contribution in [0.25, 0.3) is 28.0 Å². The van der Waals surface area contributed by atoms with Crippen molar-refractivity contribution in [2.24, 2.45) is 0 Å². The zero-order chi connectivity index (χ0) is 43.1. The van der Waals surface area contributed by atoms with Crippen LogP contribution in [-0.2, 0) is 23.7 Å². The summed E-state index contributed by atoms with van der Waals surface area (Å²) in [4.78, 5) is 72.7. The first-order valence-electron chi connectivity index (χ1n) is 19.5. The number of nitrogens with zero attached hydrogens (tertiary/aromatic N) is 6. The number of benzene rings is 1. The molecule has 0 saturated carbocycles. The van der Waals surface area contributed by atoms with Gasteiger partial charge in [-0.25, -0.2) is 28.3 Å². The normalized spacial score (nSPS) is 18.2. The van der Waals surface area contributed by atoms with E-state index in [9.17, 15) is 19.2 Å². The van der Waals surface area contributed by atoms with Gasteiger partial charge in [0.15, 0.2) is 17.9 Å². The number of piperazine rings is 1. The first kappa shape index (κ1) is 42.5. The standard InChI is InChI=1S/C43H51FN6O9/c1-12-31(51)48-18-19-49(25(5)21-48)37-27-20-24(4)34-32-28(44)14-13-15-29(32)55-22-30(56-40(53)58-42(6,7)8)36(57-41(54)59-43(9,10)11)26-16-17-45-33(23(2)3)35(26)50(38(27)46-34)39(52)47-37/h12-17,20,23,25,30,36H,1,18-19,21-22H2,2-11H3/t25-,30?,36?/m0/s1. The average Bonchev–Trinajstić information content (AvgIpc) is 3.13. The number of rotatable bonds is 5. The van der Waals surface area contributed by atoms with Gasteiger partial charge in [0.05, 0.1) is 28.0 Å². The summed E-state index contributed by atoms with van der Waals surface area (Å²) in [6.45, 7) is 21.5. The molecule has 1 aromatic carbocycles. The van der Waals surface area contributed by atoms with Crippen LogP contribution in [-0.4, -0.2) is 92.2 Å². The van der Waals surface area contributed by atoms with Gasteiger partial charge < -0.3 is 33.5 Å². The second-order valence-corrected chi connectivity index (χ2v) is 16.9. The van der Waals surface area contributed by atoms with Gasteiger partial charge in [-0.1, -0.05) is 26.5 Å². The van der Waals surface area contributed by atoms with Crippen LogP contribution in [0.2, 0.25) is 0 Å². The summed E-state index contributed by atoms with van der Waals surface area (Å²) >= 11 is 0. The predicted molar refractivity (Wildman–Crippen MR) is 217 cm³/mol. The lowest BCUT2D eigenvalue weighted by atomic mass is 9.97. The van der Waals surface area contributed by atoms with Gasteiger partial charge >= 0.3 is 18.0 Å². The zero-order valence-electron chi connectivity index (χ0n) is 35.1. The van der Waals surface area contributed by atoms with Gasteiger partial charge in [0.2, 0.25) is 5.91 Å². The van der Waals surface area contributed by atoms with Crippen molar-refractivity contribution in [2.75, 3.05) is 31.1 Å². The lowest BCUT2D eigenvalue weighted by Crippen LogP contribution is -2.54. The molecule has 5 heterocycles. The molecule has 1 amide bonds. The van der Waals surface area contributed by atoms with E-state index >= 15 is 4.39 Å². The highest BCUT2D eigenvalue weighted by Gasteiger charge is 2.39. The topological polar surface area (TPSA) is 165 Å². The molecule has 0 aliphatic carbocycles. The number of carbonyl (C=O) groups excluding carboxylic acids is 3. The summed E-state index contributed by atoms with van der Waals surface area (Å²) in [5.74, 6) is -0.888. The molecular formula is C43H51FN6O9. The van der Waals surface area contributed by atoms with Crippen LogP contribution in [0.5, 0.6) is 5.75 Å². The Morgan fingerprint density at radius 2 is 1.68 bits per heavy atom. The van der Waals surface area contributed by atoms with E-state index in [0.717, 1.165) is 0 Å².